The summed E-state index contributed by atoms with van der Waals surface area (Å²) in [5.41, 5.74) is 0.484. The van der Waals surface area contributed by atoms with Crippen LogP contribution in [0.1, 0.15) is 40.2 Å². The second-order valence-corrected chi connectivity index (χ2v) is 7.47. The molecule has 0 aromatic heterocycles. The first-order valence-corrected chi connectivity index (χ1v) is 8.48. The van der Waals surface area contributed by atoms with E-state index in [4.69, 9.17) is 16.3 Å². The average molecular weight is 355 g/mol. The van der Waals surface area contributed by atoms with Crippen molar-refractivity contribution in [1.82, 2.24) is 10.6 Å². The molecule has 24 heavy (non-hydrogen) atoms. The number of ether oxygens (including phenoxy) is 1. The number of hydrogen-bond acceptors (Lipinski definition) is 3. The van der Waals surface area contributed by atoms with Gasteiger partial charge in [-0.05, 0) is 50.8 Å². The molecule has 1 unspecified atom stereocenters. The van der Waals surface area contributed by atoms with Crippen molar-refractivity contribution < 1.29 is 14.3 Å². The molecule has 0 fully saturated rings. The maximum Gasteiger partial charge on any atom is 0.408 e. The van der Waals surface area contributed by atoms with Crippen LogP contribution in [0.25, 0.3) is 0 Å². The molecule has 0 heterocycles. The minimum atomic E-state index is -0.634. The third-order valence-electron chi connectivity index (χ3n) is 3.25. The summed E-state index contributed by atoms with van der Waals surface area (Å²) >= 11 is 5.84. The lowest BCUT2D eigenvalue weighted by Crippen LogP contribution is -2.51. The van der Waals surface area contributed by atoms with Crippen molar-refractivity contribution in [3.05, 3.63) is 34.9 Å². The van der Waals surface area contributed by atoms with Crippen molar-refractivity contribution >= 4 is 23.6 Å². The molecular formula is C18H27ClN2O3. The summed E-state index contributed by atoms with van der Waals surface area (Å²) in [4.78, 5) is 24.2. The number of nitrogens with one attached hydrogen (secondary N) is 2. The van der Waals surface area contributed by atoms with Crippen LogP contribution in [-0.4, -0.2) is 30.2 Å². The minimum absolute atomic E-state index is 0.0481. The Morgan fingerprint density at radius 3 is 2.25 bits per heavy atom. The highest BCUT2D eigenvalue weighted by Gasteiger charge is 2.26. The van der Waals surface area contributed by atoms with E-state index in [0.717, 1.165) is 5.56 Å². The second-order valence-electron chi connectivity index (χ2n) is 7.04. The van der Waals surface area contributed by atoms with Gasteiger partial charge in [-0.15, -0.1) is 0 Å². The first-order chi connectivity index (χ1) is 11.1. The van der Waals surface area contributed by atoms with Crippen LogP contribution >= 0.6 is 11.6 Å². The van der Waals surface area contributed by atoms with E-state index in [1.807, 2.05) is 38.1 Å². The summed E-state index contributed by atoms with van der Waals surface area (Å²) in [6.07, 6.45) is 0.106. The van der Waals surface area contributed by atoms with Crippen LogP contribution in [0, 0.1) is 5.92 Å². The van der Waals surface area contributed by atoms with Crippen LogP contribution in [0.5, 0.6) is 0 Å². The van der Waals surface area contributed by atoms with E-state index in [-0.39, 0.29) is 11.8 Å². The van der Waals surface area contributed by atoms with E-state index in [9.17, 15) is 9.59 Å². The number of halogens is 1. The fourth-order valence-corrected chi connectivity index (χ4v) is 2.19. The van der Waals surface area contributed by atoms with Gasteiger partial charge in [-0.25, -0.2) is 4.79 Å². The molecular weight excluding hydrogens is 328 g/mol. The molecule has 0 bridgehead atoms. The Balaban J connectivity index is 2.51. The summed E-state index contributed by atoms with van der Waals surface area (Å²) in [6.45, 7) is 9.58. The van der Waals surface area contributed by atoms with Crippen LogP contribution < -0.4 is 10.6 Å². The number of carbonyl (C=O) groups excluding carboxylic acids is 2. The van der Waals surface area contributed by atoms with Crippen molar-refractivity contribution in [3.8, 4) is 0 Å². The number of amides is 2. The number of hydrogen-bond donors (Lipinski definition) is 2. The van der Waals surface area contributed by atoms with Gasteiger partial charge < -0.3 is 15.4 Å². The zero-order chi connectivity index (χ0) is 18.3. The van der Waals surface area contributed by atoms with Crippen molar-refractivity contribution in [1.29, 1.82) is 0 Å². The topological polar surface area (TPSA) is 67.4 Å². The van der Waals surface area contributed by atoms with Gasteiger partial charge in [0.1, 0.15) is 11.6 Å². The van der Waals surface area contributed by atoms with Crippen LogP contribution in [0.3, 0.4) is 0 Å². The zero-order valence-corrected chi connectivity index (χ0v) is 15.7. The van der Waals surface area contributed by atoms with E-state index >= 15 is 0 Å². The Morgan fingerprint density at radius 1 is 1.17 bits per heavy atom. The Labute approximate surface area is 149 Å². The normalized spacial score (nSPS) is 12.6. The maximum absolute atomic E-state index is 12.3. The first-order valence-electron chi connectivity index (χ1n) is 8.10. The third-order valence-corrected chi connectivity index (χ3v) is 3.50. The highest BCUT2D eigenvalue weighted by Crippen LogP contribution is 2.10. The lowest BCUT2D eigenvalue weighted by atomic mass is 10.0. The number of benzene rings is 1. The van der Waals surface area contributed by atoms with Gasteiger partial charge in [-0.3, -0.25) is 4.79 Å². The second kappa shape index (κ2) is 8.92. The molecule has 0 aliphatic rings. The van der Waals surface area contributed by atoms with Gasteiger partial charge in [-0.1, -0.05) is 37.6 Å². The van der Waals surface area contributed by atoms with Crippen molar-refractivity contribution in [2.45, 2.75) is 52.7 Å². The van der Waals surface area contributed by atoms with Gasteiger partial charge in [0, 0.05) is 11.6 Å². The predicted molar refractivity (Wildman–Crippen MR) is 96.2 cm³/mol. The van der Waals surface area contributed by atoms with Gasteiger partial charge >= 0.3 is 6.09 Å². The Hall–Kier alpha value is -1.75. The fraction of sp³-hybridized carbons (Fsp3) is 0.556. The number of carbonyl (C=O) groups is 2. The molecule has 6 heteroatoms. The van der Waals surface area contributed by atoms with Gasteiger partial charge in [0.25, 0.3) is 0 Å². The molecule has 2 N–H and O–H groups in total. The minimum Gasteiger partial charge on any atom is -0.444 e. The van der Waals surface area contributed by atoms with Crippen molar-refractivity contribution in [2.75, 3.05) is 6.54 Å². The highest BCUT2D eigenvalue weighted by atomic mass is 35.5. The predicted octanol–water partition coefficient (Wildman–Crippen LogP) is 3.55. The number of alkyl carbamates (subject to hydrolysis) is 1. The molecule has 0 spiro atoms. The lowest BCUT2D eigenvalue weighted by molar-refractivity contribution is -0.124. The van der Waals surface area contributed by atoms with Gasteiger partial charge in [-0.2, -0.15) is 0 Å². The van der Waals surface area contributed by atoms with E-state index in [1.165, 1.54) is 0 Å². The monoisotopic (exact) mass is 354 g/mol. The lowest BCUT2D eigenvalue weighted by Gasteiger charge is -2.25. The molecule has 0 aliphatic carbocycles. The molecule has 1 aromatic carbocycles. The van der Waals surface area contributed by atoms with Gasteiger partial charge in [0.2, 0.25) is 5.91 Å². The SMILES string of the molecule is CC(C)C(NC(=O)OC(C)(C)C)C(=O)NCCc1ccc(Cl)cc1. The zero-order valence-electron chi connectivity index (χ0n) is 15.0. The van der Waals surface area contributed by atoms with E-state index in [0.29, 0.717) is 18.0 Å². The Morgan fingerprint density at radius 2 is 1.75 bits per heavy atom. The summed E-state index contributed by atoms with van der Waals surface area (Å²) in [6, 6.07) is 6.85. The molecule has 0 saturated heterocycles. The third kappa shape index (κ3) is 7.68. The molecule has 1 aromatic rings. The molecule has 134 valence electrons. The quantitative estimate of drug-likeness (QED) is 0.820. The fourth-order valence-electron chi connectivity index (χ4n) is 2.06. The molecule has 0 radical (unpaired) electrons. The highest BCUT2D eigenvalue weighted by molar-refractivity contribution is 6.30. The molecule has 5 nitrogen and oxygen atoms in total. The first kappa shape index (κ1) is 20.3. The largest absolute Gasteiger partial charge is 0.444 e. The molecule has 0 saturated carbocycles. The smallest absolute Gasteiger partial charge is 0.408 e. The van der Waals surface area contributed by atoms with Crippen LogP contribution in [0.15, 0.2) is 24.3 Å². The summed E-state index contributed by atoms with van der Waals surface area (Å²) in [7, 11) is 0. The van der Waals surface area contributed by atoms with Crippen LogP contribution in [-0.2, 0) is 16.0 Å². The van der Waals surface area contributed by atoms with E-state index in [2.05, 4.69) is 10.6 Å². The number of rotatable bonds is 6. The van der Waals surface area contributed by atoms with E-state index in [1.54, 1.807) is 20.8 Å². The van der Waals surface area contributed by atoms with Gasteiger partial charge in [0.05, 0.1) is 0 Å². The molecule has 0 aliphatic heterocycles. The summed E-state index contributed by atoms with van der Waals surface area (Å²) < 4.78 is 5.21. The molecule has 1 atom stereocenters. The Kier molecular flexibility index (Phi) is 7.55. The maximum atomic E-state index is 12.3. The van der Waals surface area contributed by atoms with Crippen molar-refractivity contribution in [3.63, 3.8) is 0 Å². The summed E-state index contributed by atoms with van der Waals surface area (Å²) in [5.74, 6) is -0.266. The van der Waals surface area contributed by atoms with Crippen LogP contribution in [0.2, 0.25) is 5.02 Å². The molecule has 1 rings (SSSR count). The van der Waals surface area contributed by atoms with Gasteiger partial charge in [0.15, 0.2) is 0 Å². The summed E-state index contributed by atoms with van der Waals surface area (Å²) in [5, 5.41) is 6.18. The van der Waals surface area contributed by atoms with E-state index < -0.39 is 17.7 Å². The van der Waals surface area contributed by atoms with Crippen LogP contribution in [0.4, 0.5) is 4.79 Å². The molecule has 2 amide bonds. The Bertz CT molecular complexity index is 550. The van der Waals surface area contributed by atoms with Crippen molar-refractivity contribution in [2.24, 2.45) is 5.92 Å². The standard InChI is InChI=1S/C18H27ClN2O3/c1-12(2)15(21-17(23)24-18(3,4)5)16(22)20-11-10-13-6-8-14(19)9-7-13/h6-9,12,15H,10-11H2,1-5H3,(H,20,22)(H,21,23). The average Bonchev–Trinajstić information content (AvgIpc) is 2.44.